The number of piperazine rings is 1. The number of anilines is 1. The lowest BCUT2D eigenvalue weighted by Gasteiger charge is -2.35. The third-order valence-corrected chi connectivity index (χ3v) is 6.30. The Kier molecular flexibility index (Phi) is 5.76. The second kappa shape index (κ2) is 8.83. The molecular weight excluding hydrogens is 431 g/mol. The lowest BCUT2D eigenvalue weighted by molar-refractivity contribution is 0.249. The van der Waals surface area contributed by atoms with E-state index in [2.05, 4.69) is 30.9 Å². The number of hydrogen-bond donors (Lipinski definition) is 0. The highest BCUT2D eigenvalue weighted by Crippen LogP contribution is 2.25. The molecule has 5 rings (SSSR count). The van der Waals surface area contributed by atoms with Crippen LogP contribution >= 0.6 is 23.2 Å². The molecule has 0 unspecified atom stereocenters. The third-order valence-electron chi connectivity index (χ3n) is 5.68. The zero-order valence-corrected chi connectivity index (χ0v) is 18.5. The van der Waals surface area contributed by atoms with Gasteiger partial charge in [-0.2, -0.15) is 5.10 Å². The van der Waals surface area contributed by atoms with Gasteiger partial charge in [0.1, 0.15) is 12.1 Å². The van der Waals surface area contributed by atoms with Crippen molar-refractivity contribution >= 4 is 40.1 Å². The standard InChI is InChI=1S/C23H22Cl2N6/c24-19-7-5-17(6-8-19)14-31-23-20(13-28-31)22(26-16-27-23)30-11-9-29(10-12-30)15-18-3-1-2-4-21(18)25/h1-8,13,16H,9-12,14-15H2. The minimum Gasteiger partial charge on any atom is -0.353 e. The zero-order chi connectivity index (χ0) is 21.2. The number of aromatic nitrogens is 4. The van der Waals surface area contributed by atoms with E-state index in [9.17, 15) is 0 Å². The molecule has 8 heteroatoms. The van der Waals surface area contributed by atoms with Gasteiger partial charge in [0, 0.05) is 42.8 Å². The van der Waals surface area contributed by atoms with E-state index in [-0.39, 0.29) is 0 Å². The summed E-state index contributed by atoms with van der Waals surface area (Å²) >= 11 is 12.3. The van der Waals surface area contributed by atoms with E-state index in [4.69, 9.17) is 23.2 Å². The Hall–Kier alpha value is -2.67. The molecule has 3 heterocycles. The van der Waals surface area contributed by atoms with Gasteiger partial charge in [-0.05, 0) is 29.3 Å². The van der Waals surface area contributed by atoms with Gasteiger partial charge in [0.2, 0.25) is 0 Å². The molecule has 31 heavy (non-hydrogen) atoms. The van der Waals surface area contributed by atoms with Crippen LogP contribution in [-0.2, 0) is 13.1 Å². The molecule has 0 spiro atoms. The van der Waals surface area contributed by atoms with Gasteiger partial charge < -0.3 is 4.90 Å². The summed E-state index contributed by atoms with van der Waals surface area (Å²) in [6.07, 6.45) is 3.50. The van der Waals surface area contributed by atoms with Crippen molar-refractivity contribution in [2.75, 3.05) is 31.1 Å². The van der Waals surface area contributed by atoms with Crippen LogP contribution in [0.3, 0.4) is 0 Å². The summed E-state index contributed by atoms with van der Waals surface area (Å²) in [7, 11) is 0. The van der Waals surface area contributed by atoms with Crippen molar-refractivity contribution in [1.29, 1.82) is 0 Å². The summed E-state index contributed by atoms with van der Waals surface area (Å²) < 4.78 is 1.91. The summed E-state index contributed by atoms with van der Waals surface area (Å²) in [4.78, 5) is 13.8. The van der Waals surface area contributed by atoms with Crippen molar-refractivity contribution in [2.45, 2.75) is 13.1 Å². The second-order valence-corrected chi connectivity index (χ2v) is 8.56. The van der Waals surface area contributed by atoms with Crippen LogP contribution in [0.15, 0.2) is 61.1 Å². The molecule has 0 bridgehead atoms. The number of nitrogens with zero attached hydrogens (tertiary/aromatic N) is 6. The Morgan fingerprint density at radius 1 is 0.839 bits per heavy atom. The quantitative estimate of drug-likeness (QED) is 0.445. The summed E-state index contributed by atoms with van der Waals surface area (Å²) in [5, 5.41) is 7.12. The van der Waals surface area contributed by atoms with E-state index >= 15 is 0 Å². The van der Waals surface area contributed by atoms with E-state index in [1.54, 1.807) is 6.33 Å². The molecule has 158 valence electrons. The first kappa shape index (κ1) is 20.2. The predicted octanol–water partition coefficient (Wildman–Crippen LogP) is 4.50. The van der Waals surface area contributed by atoms with Crippen LogP contribution in [0.25, 0.3) is 11.0 Å². The van der Waals surface area contributed by atoms with Crippen molar-refractivity contribution < 1.29 is 0 Å². The number of rotatable bonds is 5. The van der Waals surface area contributed by atoms with Crippen molar-refractivity contribution in [1.82, 2.24) is 24.6 Å². The summed E-state index contributed by atoms with van der Waals surface area (Å²) in [5.41, 5.74) is 3.15. The lowest BCUT2D eigenvalue weighted by Crippen LogP contribution is -2.46. The molecule has 2 aromatic heterocycles. The summed E-state index contributed by atoms with van der Waals surface area (Å²) in [6, 6.07) is 15.9. The van der Waals surface area contributed by atoms with Gasteiger partial charge in [-0.3, -0.25) is 4.90 Å². The van der Waals surface area contributed by atoms with Crippen LogP contribution in [0.4, 0.5) is 5.82 Å². The predicted molar refractivity (Wildman–Crippen MR) is 125 cm³/mol. The van der Waals surface area contributed by atoms with Crippen LogP contribution in [0.5, 0.6) is 0 Å². The van der Waals surface area contributed by atoms with Crippen LogP contribution in [0.2, 0.25) is 10.0 Å². The highest BCUT2D eigenvalue weighted by atomic mass is 35.5. The van der Waals surface area contributed by atoms with E-state index in [1.165, 1.54) is 5.56 Å². The Morgan fingerprint density at radius 2 is 1.61 bits per heavy atom. The van der Waals surface area contributed by atoms with Crippen molar-refractivity contribution in [3.05, 3.63) is 82.2 Å². The number of benzene rings is 2. The average Bonchev–Trinajstić information content (AvgIpc) is 3.20. The van der Waals surface area contributed by atoms with Gasteiger partial charge in [0.05, 0.1) is 18.1 Å². The molecule has 4 aromatic rings. The highest BCUT2D eigenvalue weighted by Gasteiger charge is 2.21. The van der Waals surface area contributed by atoms with E-state index in [0.717, 1.165) is 65.2 Å². The molecular formula is C23H22Cl2N6. The molecule has 2 aromatic carbocycles. The molecule has 1 aliphatic heterocycles. The molecule has 0 radical (unpaired) electrons. The minimum absolute atomic E-state index is 0.642. The van der Waals surface area contributed by atoms with Crippen molar-refractivity contribution in [3.8, 4) is 0 Å². The monoisotopic (exact) mass is 452 g/mol. The van der Waals surface area contributed by atoms with Crippen molar-refractivity contribution in [3.63, 3.8) is 0 Å². The average molecular weight is 453 g/mol. The van der Waals surface area contributed by atoms with Crippen LogP contribution in [0, 0.1) is 0 Å². The molecule has 1 aliphatic rings. The Labute approximate surface area is 191 Å². The number of fused-ring (bicyclic) bond motifs is 1. The highest BCUT2D eigenvalue weighted by molar-refractivity contribution is 6.31. The van der Waals surface area contributed by atoms with Crippen molar-refractivity contribution in [2.24, 2.45) is 0 Å². The second-order valence-electron chi connectivity index (χ2n) is 7.72. The molecule has 0 aliphatic carbocycles. The SMILES string of the molecule is Clc1ccc(Cn2ncc3c(N4CCN(Cc5ccccc5Cl)CC4)ncnc32)cc1. The minimum atomic E-state index is 0.642. The van der Waals surface area contributed by atoms with Crippen LogP contribution in [-0.4, -0.2) is 50.8 Å². The van der Waals surface area contributed by atoms with Gasteiger partial charge >= 0.3 is 0 Å². The van der Waals surface area contributed by atoms with Gasteiger partial charge in [0.15, 0.2) is 5.65 Å². The van der Waals surface area contributed by atoms with Gasteiger partial charge in [-0.1, -0.05) is 53.5 Å². The van der Waals surface area contributed by atoms with Crippen LogP contribution in [0.1, 0.15) is 11.1 Å². The van der Waals surface area contributed by atoms with E-state index < -0.39 is 0 Å². The summed E-state index contributed by atoms with van der Waals surface area (Å²) in [5.74, 6) is 0.949. The maximum absolute atomic E-state index is 6.33. The number of hydrogen-bond acceptors (Lipinski definition) is 5. The molecule has 0 amide bonds. The normalized spacial score (nSPS) is 15.0. The molecule has 0 N–H and O–H groups in total. The van der Waals surface area contributed by atoms with Gasteiger partial charge in [0.25, 0.3) is 0 Å². The molecule has 0 atom stereocenters. The molecule has 1 saturated heterocycles. The maximum Gasteiger partial charge on any atom is 0.163 e. The Bertz CT molecular complexity index is 1180. The fourth-order valence-corrected chi connectivity index (χ4v) is 4.32. The Morgan fingerprint density at radius 3 is 2.39 bits per heavy atom. The number of halogens is 2. The first-order valence-corrected chi connectivity index (χ1v) is 11.0. The maximum atomic E-state index is 6.33. The fraction of sp³-hybridized carbons (Fsp3) is 0.261. The Balaban J connectivity index is 1.30. The molecule has 6 nitrogen and oxygen atoms in total. The first-order chi connectivity index (χ1) is 15.2. The van der Waals surface area contributed by atoms with Gasteiger partial charge in [-0.15, -0.1) is 0 Å². The third kappa shape index (κ3) is 4.37. The lowest BCUT2D eigenvalue weighted by atomic mass is 10.2. The van der Waals surface area contributed by atoms with Crippen LogP contribution < -0.4 is 4.90 Å². The first-order valence-electron chi connectivity index (χ1n) is 10.3. The van der Waals surface area contributed by atoms with E-state index in [0.29, 0.717) is 6.54 Å². The largest absolute Gasteiger partial charge is 0.353 e. The topological polar surface area (TPSA) is 50.1 Å². The van der Waals surface area contributed by atoms with Gasteiger partial charge in [-0.25, -0.2) is 14.6 Å². The molecule has 0 saturated carbocycles. The smallest absolute Gasteiger partial charge is 0.163 e. The van der Waals surface area contributed by atoms with E-state index in [1.807, 2.05) is 53.3 Å². The molecule has 1 fully saturated rings. The fourth-order valence-electron chi connectivity index (χ4n) is 4.00. The summed E-state index contributed by atoms with van der Waals surface area (Å²) in [6.45, 7) is 5.22. The zero-order valence-electron chi connectivity index (χ0n) is 17.0.